The molecule has 5 rings (SSSR count). The molecule has 0 aromatic carbocycles. The van der Waals surface area contributed by atoms with Gasteiger partial charge in [0.25, 0.3) is 0 Å². The lowest BCUT2D eigenvalue weighted by Crippen LogP contribution is -2.43. The summed E-state index contributed by atoms with van der Waals surface area (Å²) in [5.41, 5.74) is 0.877. The highest BCUT2D eigenvalue weighted by Gasteiger charge is 2.33. The Balaban J connectivity index is 1.26. The molecule has 35 heavy (non-hydrogen) atoms. The fourth-order valence-electron chi connectivity index (χ4n) is 5.28. The molecular formula is C26H34N4O4S. The molecule has 0 bridgehead atoms. The Labute approximate surface area is 210 Å². The van der Waals surface area contributed by atoms with Crippen LogP contribution in [0.25, 0.3) is 10.2 Å². The number of carbonyl (C=O) groups excluding carboxylic acids is 1. The second-order valence-electron chi connectivity index (χ2n) is 10.6. The average Bonchev–Trinajstić information content (AvgIpc) is 3.54. The first-order chi connectivity index (χ1) is 16.8. The Morgan fingerprint density at radius 3 is 2.69 bits per heavy atom. The maximum absolute atomic E-state index is 12.5. The van der Waals surface area contributed by atoms with Gasteiger partial charge in [-0.2, -0.15) is 0 Å². The topological polar surface area (TPSA) is 90.6 Å². The summed E-state index contributed by atoms with van der Waals surface area (Å²) in [6, 6.07) is 0.167. The standard InChI is InChI=1S/C26H34N4O4S/c1-26(2,3)34-25(31)30(4)17-7-9-18(10-8-17)33-23-22-21-16(6-12-20-27-13-14-32-20)5-11-19(21)35-24(22)29-15-28-23/h13-18H,5-12H2,1-4H3/t16-,17-,18-/m1/s1. The van der Waals surface area contributed by atoms with Crippen molar-refractivity contribution >= 4 is 27.6 Å². The molecule has 0 radical (unpaired) electrons. The minimum absolute atomic E-state index is 0.0825. The molecule has 1 saturated carbocycles. The zero-order valence-corrected chi connectivity index (χ0v) is 21.8. The van der Waals surface area contributed by atoms with Crippen molar-refractivity contribution in [2.24, 2.45) is 0 Å². The fourth-order valence-corrected chi connectivity index (χ4v) is 6.51. The predicted molar refractivity (Wildman–Crippen MR) is 134 cm³/mol. The first kappa shape index (κ1) is 24.0. The van der Waals surface area contributed by atoms with Crippen LogP contribution in [0.15, 0.2) is 23.2 Å². The van der Waals surface area contributed by atoms with Gasteiger partial charge in [0.15, 0.2) is 5.89 Å². The van der Waals surface area contributed by atoms with Crippen LogP contribution in [0.5, 0.6) is 5.88 Å². The molecule has 8 nitrogen and oxygen atoms in total. The number of rotatable bonds is 6. The van der Waals surface area contributed by atoms with E-state index in [1.165, 1.54) is 10.4 Å². The zero-order chi connectivity index (χ0) is 24.6. The van der Waals surface area contributed by atoms with Crippen molar-refractivity contribution in [1.29, 1.82) is 0 Å². The molecule has 3 aromatic rings. The normalized spacial score (nSPS) is 22.2. The summed E-state index contributed by atoms with van der Waals surface area (Å²) in [5, 5.41) is 1.09. The van der Waals surface area contributed by atoms with E-state index in [9.17, 15) is 4.79 Å². The lowest BCUT2D eigenvalue weighted by molar-refractivity contribution is 0.0137. The summed E-state index contributed by atoms with van der Waals surface area (Å²) in [6.07, 6.45) is 12.3. The van der Waals surface area contributed by atoms with Gasteiger partial charge in [0, 0.05) is 24.4 Å². The Morgan fingerprint density at radius 1 is 1.17 bits per heavy atom. The number of hydrogen-bond acceptors (Lipinski definition) is 8. The number of thiophene rings is 1. The van der Waals surface area contributed by atoms with Crippen LogP contribution >= 0.6 is 11.3 Å². The fraction of sp³-hybridized carbons (Fsp3) is 0.615. The Morgan fingerprint density at radius 2 is 1.97 bits per heavy atom. The number of ether oxygens (including phenoxy) is 2. The second-order valence-corrected chi connectivity index (χ2v) is 11.7. The lowest BCUT2D eigenvalue weighted by Gasteiger charge is -2.35. The minimum Gasteiger partial charge on any atom is -0.474 e. The van der Waals surface area contributed by atoms with Crippen LogP contribution in [0.1, 0.15) is 81.5 Å². The van der Waals surface area contributed by atoms with Gasteiger partial charge in [-0.15, -0.1) is 11.3 Å². The van der Waals surface area contributed by atoms with Crippen LogP contribution in [0.2, 0.25) is 0 Å². The van der Waals surface area contributed by atoms with Gasteiger partial charge in [-0.3, -0.25) is 0 Å². The molecule has 2 aliphatic carbocycles. The molecule has 188 valence electrons. The average molecular weight is 499 g/mol. The van der Waals surface area contributed by atoms with E-state index in [2.05, 4.69) is 15.0 Å². The van der Waals surface area contributed by atoms with Crippen molar-refractivity contribution in [3.63, 3.8) is 0 Å². The first-order valence-electron chi connectivity index (χ1n) is 12.6. The maximum Gasteiger partial charge on any atom is 0.410 e. The van der Waals surface area contributed by atoms with Crippen LogP contribution in [0, 0.1) is 0 Å². The van der Waals surface area contributed by atoms with Gasteiger partial charge in [0.1, 0.15) is 29.1 Å². The van der Waals surface area contributed by atoms with Gasteiger partial charge in [-0.05, 0) is 77.2 Å². The molecular weight excluding hydrogens is 464 g/mol. The molecule has 1 fully saturated rings. The summed E-state index contributed by atoms with van der Waals surface area (Å²) in [4.78, 5) is 30.0. The number of hydrogen-bond donors (Lipinski definition) is 0. The SMILES string of the molecule is CN(C(=O)OC(C)(C)C)[C@H]1CC[C@H](Oc2ncnc3sc4c(c23)[C@@H](CCc2ncco2)CC4)CC1. The van der Waals surface area contributed by atoms with Gasteiger partial charge in [0.2, 0.25) is 5.88 Å². The zero-order valence-electron chi connectivity index (χ0n) is 21.0. The van der Waals surface area contributed by atoms with Crippen molar-refractivity contribution < 1.29 is 18.7 Å². The van der Waals surface area contributed by atoms with Crippen molar-refractivity contribution in [3.05, 3.63) is 35.1 Å². The van der Waals surface area contributed by atoms with Crippen molar-refractivity contribution in [3.8, 4) is 5.88 Å². The highest BCUT2D eigenvalue weighted by molar-refractivity contribution is 7.19. The molecule has 0 unspecified atom stereocenters. The highest BCUT2D eigenvalue weighted by Crippen LogP contribution is 2.47. The van der Waals surface area contributed by atoms with E-state index < -0.39 is 5.60 Å². The van der Waals surface area contributed by atoms with Crippen LogP contribution in [0.3, 0.4) is 0 Å². The monoisotopic (exact) mass is 498 g/mol. The van der Waals surface area contributed by atoms with Gasteiger partial charge in [-0.1, -0.05) is 0 Å². The van der Waals surface area contributed by atoms with E-state index in [0.29, 0.717) is 11.8 Å². The molecule has 0 saturated heterocycles. The molecule has 0 spiro atoms. The van der Waals surface area contributed by atoms with Crippen molar-refractivity contribution in [2.45, 2.75) is 95.8 Å². The van der Waals surface area contributed by atoms with Gasteiger partial charge in [-0.25, -0.2) is 19.7 Å². The summed E-state index contributed by atoms with van der Waals surface area (Å²) >= 11 is 1.77. The highest BCUT2D eigenvalue weighted by atomic mass is 32.1. The van der Waals surface area contributed by atoms with Gasteiger partial charge >= 0.3 is 6.09 Å². The van der Waals surface area contributed by atoms with Crippen LogP contribution < -0.4 is 4.74 Å². The molecule has 1 amide bonds. The predicted octanol–water partition coefficient (Wildman–Crippen LogP) is 5.90. The summed E-state index contributed by atoms with van der Waals surface area (Å²) in [7, 11) is 1.83. The quantitative estimate of drug-likeness (QED) is 0.418. The molecule has 3 heterocycles. The van der Waals surface area contributed by atoms with E-state index >= 15 is 0 Å². The van der Waals surface area contributed by atoms with E-state index in [0.717, 1.165) is 67.5 Å². The Bertz CT molecular complexity index is 1160. The Hall–Kier alpha value is -2.68. The van der Waals surface area contributed by atoms with Crippen LogP contribution in [-0.2, 0) is 17.6 Å². The molecule has 9 heteroatoms. The van der Waals surface area contributed by atoms with Crippen LogP contribution in [-0.4, -0.2) is 50.7 Å². The second kappa shape index (κ2) is 9.76. The lowest BCUT2D eigenvalue weighted by atomic mass is 9.92. The summed E-state index contributed by atoms with van der Waals surface area (Å²) in [6.45, 7) is 5.68. The number of carbonyl (C=O) groups is 1. The molecule has 3 aromatic heterocycles. The minimum atomic E-state index is -0.489. The third-order valence-electron chi connectivity index (χ3n) is 7.04. The van der Waals surface area contributed by atoms with E-state index in [4.69, 9.17) is 13.9 Å². The van der Waals surface area contributed by atoms with E-state index in [1.807, 2.05) is 27.8 Å². The summed E-state index contributed by atoms with van der Waals surface area (Å²) < 4.78 is 17.5. The number of nitrogens with zero attached hydrogens (tertiary/aromatic N) is 4. The number of aromatic nitrogens is 3. The van der Waals surface area contributed by atoms with Crippen molar-refractivity contribution in [2.75, 3.05) is 7.05 Å². The van der Waals surface area contributed by atoms with E-state index in [1.54, 1.807) is 35.0 Å². The largest absolute Gasteiger partial charge is 0.474 e. The number of oxazole rings is 1. The van der Waals surface area contributed by atoms with Gasteiger partial charge < -0.3 is 18.8 Å². The van der Waals surface area contributed by atoms with Gasteiger partial charge in [0.05, 0.1) is 11.6 Å². The number of aryl methyl sites for hydroxylation is 2. The van der Waals surface area contributed by atoms with Crippen molar-refractivity contribution in [1.82, 2.24) is 19.9 Å². The molecule has 0 N–H and O–H groups in total. The third-order valence-corrected chi connectivity index (χ3v) is 8.21. The smallest absolute Gasteiger partial charge is 0.410 e. The first-order valence-corrected chi connectivity index (χ1v) is 13.4. The molecule has 1 atom stereocenters. The number of fused-ring (bicyclic) bond motifs is 3. The number of amides is 1. The Kier molecular flexibility index (Phi) is 6.70. The van der Waals surface area contributed by atoms with E-state index in [-0.39, 0.29) is 18.2 Å². The summed E-state index contributed by atoms with van der Waals surface area (Å²) in [5.74, 6) is 1.94. The third kappa shape index (κ3) is 5.29. The van der Waals surface area contributed by atoms with Crippen LogP contribution in [0.4, 0.5) is 4.79 Å². The molecule has 0 aliphatic heterocycles. The maximum atomic E-state index is 12.5. The molecule has 2 aliphatic rings.